The van der Waals surface area contributed by atoms with Gasteiger partial charge in [0.25, 0.3) is 0 Å². The minimum absolute atomic E-state index is 0.171. The first kappa shape index (κ1) is 22.7. The highest BCUT2D eigenvalue weighted by molar-refractivity contribution is 9.10. The Bertz CT molecular complexity index is 1120. The number of aromatic nitrogens is 3. The molecule has 1 aliphatic carbocycles. The quantitative estimate of drug-likeness (QED) is 0.434. The van der Waals surface area contributed by atoms with Crippen LogP contribution >= 0.6 is 31.9 Å². The first-order valence-electron chi connectivity index (χ1n) is 11.5. The molecular formula is C26H27Br2N4O+. The van der Waals surface area contributed by atoms with Crippen molar-refractivity contribution in [1.29, 1.82) is 0 Å². The fourth-order valence-electron chi connectivity index (χ4n) is 5.21. The van der Waals surface area contributed by atoms with Crippen LogP contribution < -0.4 is 4.57 Å². The summed E-state index contributed by atoms with van der Waals surface area (Å²) in [7, 11) is 1.99. The summed E-state index contributed by atoms with van der Waals surface area (Å²) in [6.45, 7) is 1.58. The van der Waals surface area contributed by atoms with Gasteiger partial charge in [0, 0.05) is 52.5 Å². The van der Waals surface area contributed by atoms with Crippen molar-refractivity contribution in [2.45, 2.75) is 38.0 Å². The molecule has 0 saturated carbocycles. The van der Waals surface area contributed by atoms with Gasteiger partial charge in [-0.3, -0.25) is 14.8 Å². The van der Waals surface area contributed by atoms with Crippen molar-refractivity contribution in [3.63, 3.8) is 0 Å². The Kier molecular flexibility index (Phi) is 6.61. The van der Waals surface area contributed by atoms with E-state index in [1.54, 1.807) is 0 Å². The summed E-state index contributed by atoms with van der Waals surface area (Å²) in [5, 5.41) is 0. The lowest BCUT2D eigenvalue weighted by atomic mass is 9.78. The van der Waals surface area contributed by atoms with Crippen LogP contribution in [0.1, 0.15) is 46.8 Å². The summed E-state index contributed by atoms with van der Waals surface area (Å²) in [6, 6.07) is 8.48. The second-order valence-electron chi connectivity index (χ2n) is 9.14. The number of amides is 1. The van der Waals surface area contributed by atoms with E-state index in [0.717, 1.165) is 64.7 Å². The molecule has 1 aliphatic heterocycles. The average molecular weight is 571 g/mol. The summed E-state index contributed by atoms with van der Waals surface area (Å²) in [5.74, 6) is 0.806. The van der Waals surface area contributed by atoms with Crippen molar-refractivity contribution in [1.82, 2.24) is 14.9 Å². The van der Waals surface area contributed by atoms with E-state index in [1.807, 2.05) is 53.4 Å². The molecule has 1 amide bonds. The van der Waals surface area contributed by atoms with Gasteiger partial charge >= 0.3 is 0 Å². The van der Waals surface area contributed by atoms with Gasteiger partial charge < -0.3 is 4.90 Å². The molecule has 1 fully saturated rings. The van der Waals surface area contributed by atoms with Crippen molar-refractivity contribution in [2.75, 3.05) is 13.1 Å². The zero-order valence-corrected chi connectivity index (χ0v) is 21.8. The predicted molar refractivity (Wildman–Crippen MR) is 134 cm³/mol. The van der Waals surface area contributed by atoms with Crippen molar-refractivity contribution < 1.29 is 9.36 Å². The largest absolute Gasteiger partial charge is 0.342 e. The van der Waals surface area contributed by atoms with Crippen molar-refractivity contribution in [3.8, 4) is 0 Å². The molecule has 2 aliphatic rings. The minimum atomic E-state index is 0.171. The third kappa shape index (κ3) is 4.90. The summed E-state index contributed by atoms with van der Waals surface area (Å²) in [4.78, 5) is 24.8. The van der Waals surface area contributed by atoms with Gasteiger partial charge in [-0.2, -0.15) is 0 Å². The van der Waals surface area contributed by atoms with E-state index in [-0.39, 0.29) is 11.8 Å². The highest BCUT2D eigenvalue weighted by atomic mass is 79.9. The van der Waals surface area contributed by atoms with Gasteiger partial charge in [0.2, 0.25) is 5.91 Å². The van der Waals surface area contributed by atoms with E-state index in [4.69, 9.17) is 9.97 Å². The molecule has 7 heteroatoms. The lowest BCUT2D eigenvalue weighted by Crippen LogP contribution is -2.41. The number of fused-ring (bicyclic) bond motifs is 2. The highest BCUT2D eigenvalue weighted by Crippen LogP contribution is 2.42. The molecule has 0 aromatic carbocycles. The van der Waals surface area contributed by atoms with Gasteiger partial charge in [-0.25, -0.2) is 4.57 Å². The number of halogens is 2. The molecule has 1 saturated heterocycles. The number of carbonyl (C=O) groups is 1. The fraction of sp³-hybridized carbons (Fsp3) is 0.385. The third-order valence-corrected chi connectivity index (χ3v) is 7.82. The Labute approximate surface area is 211 Å². The van der Waals surface area contributed by atoms with E-state index >= 15 is 0 Å². The van der Waals surface area contributed by atoms with Gasteiger partial charge in [-0.05, 0) is 92.3 Å². The lowest BCUT2D eigenvalue weighted by molar-refractivity contribution is -0.671. The van der Waals surface area contributed by atoms with Gasteiger partial charge in [0.15, 0.2) is 12.4 Å². The maximum absolute atomic E-state index is 12.9. The molecule has 33 heavy (non-hydrogen) atoms. The van der Waals surface area contributed by atoms with Crippen LogP contribution in [0.25, 0.3) is 0 Å². The number of pyridine rings is 3. The van der Waals surface area contributed by atoms with Crippen LogP contribution in [0.2, 0.25) is 0 Å². The maximum atomic E-state index is 12.9. The van der Waals surface area contributed by atoms with Gasteiger partial charge in [0.05, 0.1) is 17.8 Å². The summed E-state index contributed by atoms with van der Waals surface area (Å²) in [5.41, 5.74) is 6.00. The number of piperidine rings is 1. The van der Waals surface area contributed by atoms with Crippen molar-refractivity contribution >= 4 is 37.8 Å². The summed E-state index contributed by atoms with van der Waals surface area (Å²) >= 11 is 7.20. The number of likely N-dealkylation sites (tertiary alicyclic amines) is 1. The van der Waals surface area contributed by atoms with E-state index in [2.05, 4.69) is 44.0 Å². The Morgan fingerprint density at radius 2 is 1.55 bits per heavy atom. The highest BCUT2D eigenvalue weighted by Gasteiger charge is 2.36. The third-order valence-electron chi connectivity index (χ3n) is 6.96. The SMILES string of the molecule is C[n+]1ccc(CC(=O)N2CCC(C3c4ncc(Br)cc4CCc4cc(Br)cnc43)CC2)cc1. The van der Waals surface area contributed by atoms with E-state index in [0.29, 0.717) is 12.3 Å². The van der Waals surface area contributed by atoms with Crippen LogP contribution in [0.5, 0.6) is 0 Å². The topological polar surface area (TPSA) is 50.0 Å². The molecule has 0 N–H and O–H groups in total. The number of nitrogens with zero attached hydrogens (tertiary/aromatic N) is 4. The molecule has 0 spiro atoms. The van der Waals surface area contributed by atoms with Crippen molar-refractivity contribution in [3.05, 3.63) is 86.1 Å². The monoisotopic (exact) mass is 569 g/mol. The van der Waals surface area contributed by atoms with Gasteiger partial charge in [-0.1, -0.05) is 0 Å². The first-order valence-corrected chi connectivity index (χ1v) is 13.1. The number of rotatable bonds is 3. The molecule has 0 unspecified atom stereocenters. The summed E-state index contributed by atoms with van der Waals surface area (Å²) in [6.07, 6.45) is 12.1. The lowest BCUT2D eigenvalue weighted by Gasteiger charge is -2.36. The van der Waals surface area contributed by atoms with Gasteiger partial charge in [-0.15, -0.1) is 0 Å². The number of aryl methyl sites for hydroxylation is 3. The fourth-order valence-corrected chi connectivity index (χ4v) is 5.97. The van der Waals surface area contributed by atoms with E-state index in [1.165, 1.54) is 11.1 Å². The molecule has 0 atom stereocenters. The number of carbonyl (C=O) groups excluding carboxylic acids is 1. The molecule has 3 aromatic heterocycles. The Morgan fingerprint density at radius 3 is 2.09 bits per heavy atom. The van der Waals surface area contributed by atoms with Crippen molar-refractivity contribution in [2.24, 2.45) is 13.0 Å². The molecule has 0 bridgehead atoms. The first-order chi connectivity index (χ1) is 16.0. The zero-order chi connectivity index (χ0) is 22.9. The molecule has 170 valence electrons. The smallest absolute Gasteiger partial charge is 0.226 e. The number of hydrogen-bond acceptors (Lipinski definition) is 3. The van der Waals surface area contributed by atoms with E-state index in [9.17, 15) is 4.79 Å². The second kappa shape index (κ2) is 9.63. The van der Waals surface area contributed by atoms with Crippen LogP contribution in [-0.4, -0.2) is 33.9 Å². The normalized spacial score (nSPS) is 16.8. The Morgan fingerprint density at radius 1 is 1.00 bits per heavy atom. The molecule has 0 radical (unpaired) electrons. The molecule has 5 rings (SSSR count). The maximum Gasteiger partial charge on any atom is 0.226 e. The standard InChI is InChI=1S/C26H27Br2N4O/c1-31-8-4-17(5-9-31)12-23(33)32-10-6-18(7-11-32)24-25-19(13-21(27)15-29-25)2-3-20-14-22(28)16-30-26(20)24/h4-5,8-9,13-16,18,24H,2-3,6-7,10-12H2,1H3/q+1. The second-order valence-corrected chi connectivity index (χ2v) is 11.0. The minimum Gasteiger partial charge on any atom is -0.342 e. The van der Waals surface area contributed by atoms with Crippen LogP contribution in [0.4, 0.5) is 0 Å². The van der Waals surface area contributed by atoms with Crippen LogP contribution in [0, 0.1) is 5.92 Å². The number of hydrogen-bond donors (Lipinski definition) is 0. The van der Waals surface area contributed by atoms with Crippen LogP contribution in [0.3, 0.4) is 0 Å². The van der Waals surface area contributed by atoms with Crippen LogP contribution in [-0.2, 0) is 31.1 Å². The van der Waals surface area contributed by atoms with Gasteiger partial charge in [0.1, 0.15) is 7.05 Å². The predicted octanol–water partition coefficient (Wildman–Crippen LogP) is 4.54. The molecular weight excluding hydrogens is 544 g/mol. The molecule has 4 heterocycles. The molecule has 3 aromatic rings. The summed E-state index contributed by atoms with van der Waals surface area (Å²) < 4.78 is 4.03. The molecule has 5 nitrogen and oxygen atoms in total. The van der Waals surface area contributed by atoms with E-state index < -0.39 is 0 Å². The zero-order valence-electron chi connectivity index (χ0n) is 18.7. The average Bonchev–Trinajstić information content (AvgIpc) is 2.97. The Hall–Kier alpha value is -2.12. The Balaban J connectivity index is 1.36. The van der Waals surface area contributed by atoms with Crippen LogP contribution in [0.15, 0.2) is 58.0 Å².